The van der Waals surface area contributed by atoms with E-state index in [4.69, 9.17) is 12.2 Å². The molecule has 4 nitrogen and oxygen atoms in total. The van der Waals surface area contributed by atoms with Crippen molar-refractivity contribution in [2.24, 2.45) is 0 Å². The van der Waals surface area contributed by atoms with E-state index in [1.54, 1.807) is 5.56 Å². The van der Waals surface area contributed by atoms with Crippen LogP contribution in [0.25, 0.3) is 10.9 Å². The molecule has 0 bridgehead atoms. The van der Waals surface area contributed by atoms with Crippen LogP contribution in [0.2, 0.25) is 0 Å². The van der Waals surface area contributed by atoms with Crippen LogP contribution in [0, 0.1) is 0 Å². The van der Waals surface area contributed by atoms with Gasteiger partial charge in [0.2, 0.25) is 0 Å². The summed E-state index contributed by atoms with van der Waals surface area (Å²) in [6, 6.07) is 7.94. The zero-order valence-electron chi connectivity index (χ0n) is 17.7. The molecule has 0 radical (unpaired) electrons. The topological polar surface area (TPSA) is 23.4 Å². The zero-order valence-corrected chi connectivity index (χ0v) is 18.6. The van der Waals surface area contributed by atoms with Crippen molar-refractivity contribution in [1.82, 2.24) is 19.7 Å². The average Bonchev–Trinajstić information content (AvgIpc) is 3.03. The Labute approximate surface area is 174 Å². The lowest BCUT2D eigenvalue weighted by Crippen LogP contribution is -2.56. The lowest BCUT2D eigenvalue weighted by molar-refractivity contribution is 0.133. The Morgan fingerprint density at radius 2 is 2.04 bits per heavy atom. The van der Waals surface area contributed by atoms with Crippen molar-refractivity contribution in [1.29, 1.82) is 0 Å². The van der Waals surface area contributed by atoms with Crippen molar-refractivity contribution < 1.29 is 0 Å². The van der Waals surface area contributed by atoms with Crippen LogP contribution in [0.5, 0.6) is 0 Å². The molecule has 2 aromatic rings. The summed E-state index contributed by atoms with van der Waals surface area (Å²) in [7, 11) is 2.29. The Hall–Kier alpha value is -1.59. The number of fused-ring (bicyclic) bond motifs is 2. The first-order valence-electron chi connectivity index (χ1n) is 10.9. The van der Waals surface area contributed by atoms with Crippen molar-refractivity contribution in [2.45, 2.75) is 64.6 Å². The molecule has 1 fully saturated rings. The van der Waals surface area contributed by atoms with Crippen molar-refractivity contribution in [3.05, 3.63) is 35.5 Å². The predicted octanol–water partition coefficient (Wildman–Crippen LogP) is 3.98. The Morgan fingerprint density at radius 1 is 1.25 bits per heavy atom. The van der Waals surface area contributed by atoms with Gasteiger partial charge in [-0.3, -0.25) is 0 Å². The molecule has 1 unspecified atom stereocenters. The largest absolute Gasteiger partial charge is 0.359 e. The minimum atomic E-state index is 0.411. The molecule has 1 aliphatic heterocycles. The van der Waals surface area contributed by atoms with Crippen molar-refractivity contribution >= 4 is 28.2 Å². The fourth-order valence-corrected chi connectivity index (χ4v) is 5.85. The van der Waals surface area contributed by atoms with Gasteiger partial charge in [-0.2, -0.15) is 0 Å². The van der Waals surface area contributed by atoms with E-state index >= 15 is 0 Å². The Bertz CT molecular complexity index is 854. The SMILES string of the molecule is CCCn1cc2c3c(cccc31)C1C[C@H](NC(=S)N(CC)CC)CN(C)[C@@H]1C2. The molecule has 4 rings (SSSR count). The van der Waals surface area contributed by atoms with E-state index in [1.165, 1.54) is 29.3 Å². The highest BCUT2D eigenvalue weighted by atomic mass is 32.1. The molecule has 0 amide bonds. The van der Waals surface area contributed by atoms with Crippen molar-refractivity contribution in [2.75, 3.05) is 26.7 Å². The van der Waals surface area contributed by atoms with E-state index < -0.39 is 0 Å². The van der Waals surface area contributed by atoms with E-state index in [-0.39, 0.29) is 0 Å². The summed E-state index contributed by atoms with van der Waals surface area (Å²) in [6.45, 7) is 10.7. The Morgan fingerprint density at radius 3 is 2.75 bits per heavy atom. The molecule has 0 spiro atoms. The number of rotatable bonds is 5. The standard InChI is InChI=1S/C23H34N4S/c1-5-11-27-14-16-12-21-19(18-9-8-10-20(27)22(16)18)13-17(15-25(21)4)24-23(28)26(6-2)7-3/h8-10,14,17,19,21H,5-7,11-13,15H2,1-4H3,(H,24,28)/t17-,19?,21+/m0/s1. The van der Waals surface area contributed by atoms with E-state index in [0.717, 1.165) is 37.7 Å². The van der Waals surface area contributed by atoms with Crippen LogP contribution >= 0.6 is 12.2 Å². The molecule has 152 valence electrons. The van der Waals surface area contributed by atoms with Gasteiger partial charge in [-0.1, -0.05) is 19.1 Å². The maximum atomic E-state index is 5.69. The molecule has 1 aromatic heterocycles. The molecule has 3 atom stereocenters. The summed E-state index contributed by atoms with van der Waals surface area (Å²) in [5.74, 6) is 0.574. The van der Waals surface area contributed by atoms with E-state index in [9.17, 15) is 0 Å². The first-order valence-corrected chi connectivity index (χ1v) is 11.3. The fraction of sp³-hybridized carbons (Fsp3) is 0.609. The molecular weight excluding hydrogens is 364 g/mol. The van der Waals surface area contributed by atoms with Gasteiger partial charge in [0, 0.05) is 61.3 Å². The van der Waals surface area contributed by atoms with Crippen LogP contribution < -0.4 is 5.32 Å². The summed E-state index contributed by atoms with van der Waals surface area (Å²) in [6.07, 6.45) is 5.92. The van der Waals surface area contributed by atoms with Gasteiger partial charge in [-0.05, 0) is 69.6 Å². The average molecular weight is 399 g/mol. The molecule has 1 N–H and O–H groups in total. The van der Waals surface area contributed by atoms with Crippen LogP contribution in [0.3, 0.4) is 0 Å². The van der Waals surface area contributed by atoms with Gasteiger partial charge < -0.3 is 19.7 Å². The summed E-state index contributed by atoms with van der Waals surface area (Å²) in [4.78, 5) is 4.81. The zero-order chi connectivity index (χ0) is 19.8. The van der Waals surface area contributed by atoms with Gasteiger partial charge in [0.25, 0.3) is 0 Å². The van der Waals surface area contributed by atoms with Crippen molar-refractivity contribution in [3.8, 4) is 0 Å². The van der Waals surface area contributed by atoms with Crippen LogP contribution in [-0.2, 0) is 13.0 Å². The number of aromatic nitrogens is 1. The Balaban J connectivity index is 1.63. The van der Waals surface area contributed by atoms with Crippen LogP contribution in [0.1, 0.15) is 50.7 Å². The van der Waals surface area contributed by atoms with Crippen LogP contribution in [0.4, 0.5) is 0 Å². The first kappa shape index (κ1) is 19.7. The molecule has 2 aliphatic rings. The van der Waals surface area contributed by atoms with Gasteiger partial charge in [0.1, 0.15) is 0 Å². The number of hydrogen-bond donors (Lipinski definition) is 1. The monoisotopic (exact) mass is 398 g/mol. The third-order valence-corrected chi connectivity index (χ3v) is 7.14. The molecule has 1 aliphatic carbocycles. The summed E-state index contributed by atoms with van der Waals surface area (Å²) in [5, 5.41) is 6.11. The van der Waals surface area contributed by atoms with Crippen molar-refractivity contribution in [3.63, 3.8) is 0 Å². The van der Waals surface area contributed by atoms with E-state index in [1.807, 2.05) is 0 Å². The number of nitrogens with one attached hydrogen (secondary N) is 1. The highest BCUT2D eigenvalue weighted by Gasteiger charge is 2.40. The van der Waals surface area contributed by atoms with Gasteiger partial charge in [0.15, 0.2) is 5.11 Å². The maximum Gasteiger partial charge on any atom is 0.169 e. The number of hydrogen-bond acceptors (Lipinski definition) is 2. The minimum absolute atomic E-state index is 0.411. The molecule has 28 heavy (non-hydrogen) atoms. The molecule has 1 saturated heterocycles. The molecule has 2 heterocycles. The minimum Gasteiger partial charge on any atom is -0.359 e. The van der Waals surface area contributed by atoms with Gasteiger partial charge in [-0.15, -0.1) is 0 Å². The highest BCUT2D eigenvalue weighted by molar-refractivity contribution is 7.80. The summed E-state index contributed by atoms with van der Waals surface area (Å²) < 4.78 is 2.47. The van der Waals surface area contributed by atoms with Gasteiger partial charge in [-0.25, -0.2) is 0 Å². The van der Waals surface area contributed by atoms with Crippen LogP contribution in [-0.4, -0.2) is 58.2 Å². The normalized spacial score (nSPS) is 24.2. The van der Waals surface area contributed by atoms with E-state index in [2.05, 4.69) is 71.9 Å². The fourth-order valence-electron chi connectivity index (χ4n) is 5.43. The third kappa shape index (κ3) is 3.33. The summed E-state index contributed by atoms with van der Waals surface area (Å²) in [5.41, 5.74) is 4.51. The lowest BCUT2D eigenvalue weighted by atomic mass is 9.74. The highest BCUT2D eigenvalue weighted by Crippen LogP contribution is 2.43. The Kier molecular flexibility index (Phi) is 5.66. The summed E-state index contributed by atoms with van der Waals surface area (Å²) >= 11 is 5.69. The number of benzene rings is 1. The lowest BCUT2D eigenvalue weighted by Gasteiger charge is -2.46. The molecule has 0 saturated carbocycles. The quantitative estimate of drug-likeness (QED) is 0.770. The molecule has 1 aromatic carbocycles. The molecular formula is C23H34N4S. The smallest absolute Gasteiger partial charge is 0.169 e. The van der Waals surface area contributed by atoms with Gasteiger partial charge >= 0.3 is 0 Å². The number of likely N-dealkylation sites (N-methyl/N-ethyl adjacent to an activating group) is 1. The second-order valence-corrected chi connectivity index (χ2v) is 8.85. The second kappa shape index (κ2) is 8.03. The maximum absolute atomic E-state index is 5.69. The first-order chi connectivity index (χ1) is 13.6. The number of likely N-dealkylation sites (tertiary alicyclic amines) is 1. The third-order valence-electron chi connectivity index (χ3n) is 6.77. The van der Waals surface area contributed by atoms with Gasteiger partial charge in [0.05, 0.1) is 0 Å². The van der Waals surface area contributed by atoms with Crippen LogP contribution in [0.15, 0.2) is 24.4 Å². The number of thiocarbonyl (C=S) groups is 1. The number of nitrogens with zero attached hydrogens (tertiary/aromatic N) is 3. The number of aryl methyl sites for hydroxylation is 1. The second-order valence-electron chi connectivity index (χ2n) is 8.46. The number of piperidine rings is 1. The molecule has 5 heteroatoms. The predicted molar refractivity (Wildman–Crippen MR) is 122 cm³/mol. The van der Waals surface area contributed by atoms with E-state index in [0.29, 0.717) is 18.0 Å².